The lowest BCUT2D eigenvalue weighted by molar-refractivity contribution is -0.137. The predicted octanol–water partition coefficient (Wildman–Crippen LogP) is 3.51. The van der Waals surface area contributed by atoms with Crippen LogP contribution in [0, 0.1) is 0 Å². The molecule has 0 heterocycles. The Morgan fingerprint density at radius 1 is 0.895 bits per heavy atom. The van der Waals surface area contributed by atoms with E-state index >= 15 is 0 Å². The Morgan fingerprint density at radius 3 is 1.37 bits per heavy atom. The smallest absolute Gasteiger partial charge is 0.389 e. The number of carboxylic acid groups (broad SMARTS) is 1. The van der Waals surface area contributed by atoms with Crippen LogP contribution in [0.15, 0.2) is 0 Å². The van der Waals surface area contributed by atoms with Crippen LogP contribution in [0.4, 0.5) is 26.3 Å². The van der Waals surface area contributed by atoms with Crippen molar-refractivity contribution in [2.24, 2.45) is 0 Å². The first-order valence-electron chi connectivity index (χ1n) is 5.41. The molecule has 0 aliphatic rings. The number of rotatable bonds is 6. The van der Waals surface area contributed by atoms with Gasteiger partial charge in [0.15, 0.2) is 0 Å². The molecule has 0 spiro atoms. The summed E-state index contributed by atoms with van der Waals surface area (Å²) in [6.07, 6.45) is -12.4. The van der Waals surface area contributed by atoms with Crippen LogP contribution < -0.4 is 0 Å². The van der Waals surface area contributed by atoms with E-state index in [0.717, 1.165) is 0 Å². The first-order valence-corrected chi connectivity index (χ1v) is 5.41. The molecule has 0 aliphatic heterocycles. The summed E-state index contributed by atoms with van der Waals surface area (Å²) >= 11 is 0. The topological polar surface area (TPSA) is 57.5 Å². The lowest BCUT2D eigenvalue weighted by atomic mass is 10.1. The summed E-state index contributed by atoms with van der Waals surface area (Å²) in [5.41, 5.74) is 0. The summed E-state index contributed by atoms with van der Waals surface area (Å²) in [5.74, 6) is 0. The van der Waals surface area contributed by atoms with Gasteiger partial charge in [0.05, 0.1) is 6.10 Å². The van der Waals surface area contributed by atoms with Crippen molar-refractivity contribution in [2.45, 2.75) is 57.0 Å². The molecule has 0 aliphatic carbocycles. The van der Waals surface area contributed by atoms with Gasteiger partial charge in [-0.15, -0.1) is 0 Å². The highest BCUT2D eigenvalue weighted by Crippen LogP contribution is 2.25. The van der Waals surface area contributed by atoms with Crippen LogP contribution in [0.25, 0.3) is 0 Å². The molecule has 3 nitrogen and oxygen atoms in total. The second-order valence-electron chi connectivity index (χ2n) is 3.77. The van der Waals surface area contributed by atoms with Gasteiger partial charge in [0.25, 0.3) is 6.47 Å². The van der Waals surface area contributed by atoms with E-state index in [1.165, 1.54) is 0 Å². The minimum Gasteiger partial charge on any atom is -0.483 e. The Labute approximate surface area is 106 Å². The Hall–Kier alpha value is -0.990. The monoisotopic (exact) mass is 298 g/mol. The molecule has 0 fully saturated rings. The predicted molar refractivity (Wildman–Crippen MR) is 54.5 cm³/mol. The van der Waals surface area contributed by atoms with Crippen LogP contribution in [-0.2, 0) is 4.79 Å². The summed E-state index contributed by atoms with van der Waals surface area (Å²) in [7, 11) is 0. The van der Waals surface area contributed by atoms with E-state index in [1.807, 2.05) is 0 Å². The fraction of sp³-hybridized carbons (Fsp3) is 0.900. The third-order valence-corrected chi connectivity index (χ3v) is 2.00. The van der Waals surface area contributed by atoms with Crippen molar-refractivity contribution in [1.29, 1.82) is 0 Å². The van der Waals surface area contributed by atoms with Gasteiger partial charge in [-0.2, -0.15) is 26.3 Å². The van der Waals surface area contributed by atoms with Crippen molar-refractivity contribution in [2.75, 3.05) is 0 Å². The molecule has 0 unspecified atom stereocenters. The zero-order valence-corrected chi connectivity index (χ0v) is 9.97. The van der Waals surface area contributed by atoms with E-state index < -0.39 is 31.3 Å². The Balaban J connectivity index is 0. The maximum atomic E-state index is 11.7. The molecular formula is C10H16F6O3. The van der Waals surface area contributed by atoms with E-state index in [0.29, 0.717) is 0 Å². The lowest BCUT2D eigenvalue weighted by Gasteiger charge is -2.12. The van der Waals surface area contributed by atoms with E-state index in [2.05, 4.69) is 0 Å². The second kappa shape index (κ2) is 9.88. The van der Waals surface area contributed by atoms with Gasteiger partial charge in [0.2, 0.25) is 0 Å². The fourth-order valence-electron chi connectivity index (χ4n) is 1.22. The highest BCUT2D eigenvalue weighted by atomic mass is 19.4. The van der Waals surface area contributed by atoms with Crippen molar-refractivity contribution in [1.82, 2.24) is 0 Å². The number of aliphatic hydroxyl groups excluding tert-OH is 1. The van der Waals surface area contributed by atoms with E-state index in [1.54, 1.807) is 0 Å². The van der Waals surface area contributed by atoms with Gasteiger partial charge in [0, 0.05) is 12.8 Å². The molecule has 0 amide bonds. The Morgan fingerprint density at radius 2 is 1.16 bits per heavy atom. The van der Waals surface area contributed by atoms with Gasteiger partial charge in [0.1, 0.15) is 0 Å². The largest absolute Gasteiger partial charge is 0.483 e. The molecule has 0 saturated carbocycles. The molecule has 0 aromatic rings. The average Bonchev–Trinajstić information content (AvgIpc) is 2.14. The average molecular weight is 298 g/mol. The highest BCUT2D eigenvalue weighted by molar-refractivity contribution is 5.32. The molecule has 0 aromatic heterocycles. The third kappa shape index (κ3) is 22.6. The van der Waals surface area contributed by atoms with E-state index in [4.69, 9.17) is 15.0 Å². The van der Waals surface area contributed by atoms with Gasteiger partial charge in [-0.3, -0.25) is 4.79 Å². The molecule has 0 atom stereocenters. The quantitative estimate of drug-likeness (QED) is 0.583. The summed E-state index contributed by atoms with van der Waals surface area (Å²) < 4.78 is 70.1. The van der Waals surface area contributed by atoms with Crippen molar-refractivity contribution in [3.05, 3.63) is 0 Å². The van der Waals surface area contributed by atoms with Gasteiger partial charge < -0.3 is 10.2 Å². The number of hydrogen-bond donors (Lipinski definition) is 2. The maximum Gasteiger partial charge on any atom is 0.389 e. The van der Waals surface area contributed by atoms with Crippen molar-refractivity contribution in [3.8, 4) is 0 Å². The van der Waals surface area contributed by atoms with Gasteiger partial charge in [-0.25, -0.2) is 0 Å². The first-order chi connectivity index (χ1) is 8.52. The molecule has 9 heteroatoms. The minimum absolute atomic E-state index is 0.114. The van der Waals surface area contributed by atoms with Crippen LogP contribution in [0.5, 0.6) is 0 Å². The third-order valence-electron chi connectivity index (χ3n) is 2.00. The molecular weight excluding hydrogens is 282 g/mol. The lowest BCUT2D eigenvalue weighted by Crippen LogP contribution is -2.13. The molecule has 0 rings (SSSR count). The fourth-order valence-corrected chi connectivity index (χ4v) is 1.22. The summed E-state index contributed by atoms with van der Waals surface area (Å²) in [6, 6.07) is 0. The second-order valence-corrected chi connectivity index (χ2v) is 3.77. The van der Waals surface area contributed by atoms with Crippen LogP contribution >= 0.6 is 0 Å². The number of carbonyl (C=O) groups is 1. The van der Waals surface area contributed by atoms with Crippen LogP contribution in [0.1, 0.15) is 38.5 Å². The summed E-state index contributed by atoms with van der Waals surface area (Å²) in [5, 5.41) is 16.0. The zero-order valence-electron chi connectivity index (χ0n) is 9.97. The Bertz CT molecular complexity index is 206. The van der Waals surface area contributed by atoms with E-state index in [-0.39, 0.29) is 32.2 Å². The van der Waals surface area contributed by atoms with Crippen molar-refractivity contribution in [3.63, 3.8) is 0 Å². The van der Waals surface area contributed by atoms with Gasteiger partial charge in [-0.1, -0.05) is 0 Å². The number of alkyl halides is 6. The number of aliphatic hydroxyl groups is 1. The summed E-state index contributed by atoms with van der Waals surface area (Å²) in [4.78, 5) is 8.36. The SMILES string of the molecule is O=CO.OC(CCCC(F)(F)F)CCCC(F)(F)F. The standard InChI is InChI=1S/C9H14F6O.CH2O2/c10-8(11,12)5-1-3-7(16)4-2-6-9(13,14)15;2-1-3/h7,16H,1-6H2;1H,(H,2,3). The molecule has 19 heavy (non-hydrogen) atoms. The molecule has 0 aromatic carbocycles. The highest BCUT2D eigenvalue weighted by Gasteiger charge is 2.28. The minimum atomic E-state index is -4.27. The van der Waals surface area contributed by atoms with Crippen LogP contribution in [0.3, 0.4) is 0 Å². The van der Waals surface area contributed by atoms with E-state index in [9.17, 15) is 26.3 Å². The molecule has 0 bridgehead atoms. The maximum absolute atomic E-state index is 11.7. The van der Waals surface area contributed by atoms with Gasteiger partial charge in [-0.05, 0) is 25.7 Å². The molecule has 0 radical (unpaired) electrons. The van der Waals surface area contributed by atoms with Crippen molar-refractivity contribution >= 4 is 6.47 Å². The molecule has 0 saturated heterocycles. The zero-order chi connectivity index (χ0) is 15.5. The van der Waals surface area contributed by atoms with Crippen LogP contribution in [0.2, 0.25) is 0 Å². The Kier molecular flexibility index (Phi) is 10.6. The van der Waals surface area contributed by atoms with Gasteiger partial charge >= 0.3 is 12.4 Å². The molecule has 116 valence electrons. The normalized spacial score (nSPS) is 12.0. The molecule has 2 N–H and O–H groups in total. The number of hydrogen-bond acceptors (Lipinski definition) is 2. The van der Waals surface area contributed by atoms with Crippen molar-refractivity contribution < 1.29 is 41.4 Å². The van der Waals surface area contributed by atoms with Crippen LogP contribution in [-0.4, -0.2) is 35.1 Å². The number of halogens is 6. The first kappa shape index (κ1) is 20.3. The summed E-state index contributed by atoms with van der Waals surface area (Å²) in [6.45, 7) is -0.250.